The summed E-state index contributed by atoms with van der Waals surface area (Å²) in [4.78, 5) is 23.4. The molecule has 3 aromatic rings. The van der Waals surface area contributed by atoms with Crippen LogP contribution in [0.15, 0.2) is 48.5 Å². The summed E-state index contributed by atoms with van der Waals surface area (Å²) in [7, 11) is -1.10. The molecule has 0 spiro atoms. The van der Waals surface area contributed by atoms with Crippen LogP contribution in [-0.2, 0) is 22.3 Å². The second-order valence-corrected chi connectivity index (χ2v) is 8.02. The van der Waals surface area contributed by atoms with Gasteiger partial charge in [0, 0.05) is 27.5 Å². The van der Waals surface area contributed by atoms with Crippen LogP contribution >= 0.6 is 11.6 Å². The van der Waals surface area contributed by atoms with Crippen molar-refractivity contribution in [3.63, 3.8) is 0 Å². The molecule has 2 aromatic carbocycles. The lowest BCUT2D eigenvalue weighted by atomic mass is 10.1. The summed E-state index contributed by atoms with van der Waals surface area (Å²) in [5.74, 6) is 0.238. The number of rotatable bonds is 4. The molecule has 0 saturated heterocycles. The fourth-order valence-electron chi connectivity index (χ4n) is 3.05. The Bertz CT molecular complexity index is 1140. The highest BCUT2D eigenvalue weighted by Gasteiger charge is 2.29. The molecule has 28 heavy (non-hydrogen) atoms. The number of nitrogens with one attached hydrogen (secondary N) is 1. The predicted octanol–water partition coefficient (Wildman–Crippen LogP) is 3.45. The zero-order valence-corrected chi connectivity index (χ0v) is 15.9. The molecule has 8 nitrogen and oxygen atoms in total. The van der Waals surface area contributed by atoms with Crippen LogP contribution in [0.25, 0.3) is 5.69 Å². The van der Waals surface area contributed by atoms with Crippen molar-refractivity contribution in [1.82, 2.24) is 9.78 Å². The minimum absolute atomic E-state index is 0.0702. The first-order chi connectivity index (χ1) is 13.4. The van der Waals surface area contributed by atoms with Crippen LogP contribution in [0, 0.1) is 10.1 Å². The van der Waals surface area contributed by atoms with E-state index in [4.69, 9.17) is 11.6 Å². The first-order valence-electron chi connectivity index (χ1n) is 8.20. The topological polar surface area (TPSA) is 107 Å². The molecule has 1 aliphatic heterocycles. The second-order valence-electron chi connectivity index (χ2n) is 6.12. The van der Waals surface area contributed by atoms with Crippen LogP contribution in [0.1, 0.15) is 21.6 Å². The lowest BCUT2D eigenvalue weighted by Crippen LogP contribution is -2.17. The maximum atomic E-state index is 12.8. The van der Waals surface area contributed by atoms with Gasteiger partial charge in [-0.1, -0.05) is 29.8 Å². The summed E-state index contributed by atoms with van der Waals surface area (Å²) < 4.78 is 13.5. The van der Waals surface area contributed by atoms with Gasteiger partial charge in [0.1, 0.15) is 11.4 Å². The number of halogens is 1. The minimum atomic E-state index is -1.10. The monoisotopic (exact) mass is 416 g/mol. The Kier molecular flexibility index (Phi) is 4.70. The maximum absolute atomic E-state index is 12.8. The fourth-order valence-corrected chi connectivity index (χ4v) is 4.50. The highest BCUT2D eigenvalue weighted by atomic mass is 35.5. The normalized spacial score (nSPS) is 15.2. The van der Waals surface area contributed by atoms with Gasteiger partial charge in [0.2, 0.25) is 0 Å². The third-order valence-corrected chi connectivity index (χ3v) is 5.74. The minimum Gasteiger partial charge on any atom is -0.306 e. The zero-order valence-electron chi connectivity index (χ0n) is 14.3. The van der Waals surface area contributed by atoms with Crippen molar-refractivity contribution in [3.8, 4) is 5.69 Å². The molecule has 10 heteroatoms. The predicted molar refractivity (Wildman–Crippen MR) is 105 cm³/mol. The van der Waals surface area contributed by atoms with Crippen molar-refractivity contribution in [3.05, 3.63) is 80.5 Å². The molecule has 0 aliphatic carbocycles. The van der Waals surface area contributed by atoms with Crippen LogP contribution < -0.4 is 5.32 Å². The lowest BCUT2D eigenvalue weighted by molar-refractivity contribution is -0.385. The SMILES string of the molecule is O=C(Nc1c2c(nn1-c1cccc(Cl)c1)C[S@@](=O)C2)c1ccccc1[N+](=O)[O-]. The number of nitro benzene ring substituents is 1. The highest BCUT2D eigenvalue weighted by Crippen LogP contribution is 2.32. The molecule has 142 valence electrons. The van der Waals surface area contributed by atoms with E-state index in [1.807, 2.05) is 0 Å². The van der Waals surface area contributed by atoms with E-state index in [1.165, 1.54) is 22.9 Å². The number of carbonyl (C=O) groups is 1. The lowest BCUT2D eigenvalue weighted by Gasteiger charge is -2.11. The number of hydrogen-bond donors (Lipinski definition) is 1. The van der Waals surface area contributed by atoms with Gasteiger partial charge < -0.3 is 5.32 Å². The summed E-state index contributed by atoms with van der Waals surface area (Å²) in [6.45, 7) is 0. The number of carbonyl (C=O) groups excluding carboxylic acids is 1. The Morgan fingerprint density at radius 2 is 2.00 bits per heavy atom. The van der Waals surface area contributed by atoms with E-state index in [-0.39, 0.29) is 22.8 Å². The molecule has 1 atom stereocenters. The van der Waals surface area contributed by atoms with E-state index in [1.54, 1.807) is 30.3 Å². The van der Waals surface area contributed by atoms with Crippen LogP contribution in [0.3, 0.4) is 0 Å². The highest BCUT2D eigenvalue weighted by molar-refractivity contribution is 7.83. The third kappa shape index (κ3) is 3.30. The number of benzene rings is 2. The van der Waals surface area contributed by atoms with Gasteiger partial charge in [0.15, 0.2) is 0 Å². The van der Waals surface area contributed by atoms with Crippen LogP contribution in [-0.4, -0.2) is 24.8 Å². The van der Waals surface area contributed by atoms with Gasteiger partial charge >= 0.3 is 0 Å². The number of amides is 1. The van der Waals surface area contributed by atoms with Crippen LogP contribution in [0.2, 0.25) is 5.02 Å². The molecule has 0 fully saturated rings. The Hall–Kier alpha value is -3.04. The van der Waals surface area contributed by atoms with Gasteiger partial charge in [-0.3, -0.25) is 19.1 Å². The molecule has 4 rings (SSSR count). The number of fused-ring (bicyclic) bond motifs is 1. The van der Waals surface area contributed by atoms with Gasteiger partial charge in [-0.25, -0.2) is 4.68 Å². The van der Waals surface area contributed by atoms with Gasteiger partial charge in [0.25, 0.3) is 11.6 Å². The molecule has 0 saturated carbocycles. The fraction of sp³-hybridized carbons (Fsp3) is 0.111. The summed E-state index contributed by atoms with van der Waals surface area (Å²) in [6.07, 6.45) is 0. The summed E-state index contributed by atoms with van der Waals surface area (Å²) in [6, 6.07) is 12.6. The Balaban J connectivity index is 1.78. The summed E-state index contributed by atoms with van der Waals surface area (Å²) in [5.41, 5.74) is 1.53. The van der Waals surface area contributed by atoms with Crippen molar-refractivity contribution in [1.29, 1.82) is 0 Å². The smallest absolute Gasteiger partial charge is 0.282 e. The molecule has 0 unspecified atom stereocenters. The Labute approximate surface area is 166 Å². The zero-order chi connectivity index (χ0) is 19.8. The average Bonchev–Trinajstić information content (AvgIpc) is 3.18. The quantitative estimate of drug-likeness (QED) is 0.517. The first kappa shape index (κ1) is 18.3. The van der Waals surface area contributed by atoms with Crippen molar-refractivity contribution < 1.29 is 13.9 Å². The molecule has 1 aliphatic rings. The van der Waals surface area contributed by atoms with E-state index in [9.17, 15) is 19.1 Å². The Morgan fingerprint density at radius 1 is 1.21 bits per heavy atom. The molecule has 1 N–H and O–H groups in total. The summed E-state index contributed by atoms with van der Waals surface area (Å²) in [5, 5.41) is 18.9. The van der Waals surface area contributed by atoms with Gasteiger partial charge in [-0.15, -0.1) is 0 Å². The van der Waals surface area contributed by atoms with Crippen LogP contribution in [0.4, 0.5) is 11.5 Å². The number of anilines is 1. The number of nitrogens with zero attached hydrogens (tertiary/aromatic N) is 3. The molecule has 1 amide bonds. The second kappa shape index (κ2) is 7.17. The van der Waals surface area contributed by atoms with Crippen molar-refractivity contribution in [2.45, 2.75) is 11.5 Å². The number of hydrogen-bond acceptors (Lipinski definition) is 5. The molecule has 2 heterocycles. The van der Waals surface area contributed by atoms with Crippen molar-refractivity contribution >= 4 is 39.8 Å². The van der Waals surface area contributed by atoms with Crippen LogP contribution in [0.5, 0.6) is 0 Å². The number of nitro groups is 1. The molecule has 0 radical (unpaired) electrons. The summed E-state index contributed by atoms with van der Waals surface area (Å²) >= 11 is 6.07. The molecule has 1 aromatic heterocycles. The van der Waals surface area contributed by atoms with Gasteiger partial charge in [-0.05, 0) is 24.3 Å². The van der Waals surface area contributed by atoms with E-state index >= 15 is 0 Å². The van der Waals surface area contributed by atoms with Crippen molar-refractivity contribution in [2.75, 3.05) is 5.32 Å². The molecular formula is C18H13ClN4O4S. The number of aromatic nitrogens is 2. The number of para-hydroxylation sites is 1. The van der Waals surface area contributed by atoms with E-state index < -0.39 is 21.6 Å². The van der Waals surface area contributed by atoms with Gasteiger partial charge in [0.05, 0.1) is 27.8 Å². The van der Waals surface area contributed by atoms with E-state index in [2.05, 4.69) is 10.4 Å². The average molecular weight is 417 g/mol. The largest absolute Gasteiger partial charge is 0.306 e. The first-order valence-corrected chi connectivity index (χ1v) is 10.1. The Morgan fingerprint density at radius 3 is 2.75 bits per heavy atom. The van der Waals surface area contributed by atoms with E-state index in [0.717, 1.165) is 0 Å². The molecular weight excluding hydrogens is 404 g/mol. The standard InChI is InChI=1S/C18H13ClN4O4S/c19-11-4-3-5-12(8-11)22-17(14-9-28(27)10-15(14)21-22)20-18(24)13-6-1-2-7-16(13)23(25)26/h1-8H,9-10H2,(H,20,24)/t28-/m0/s1. The maximum Gasteiger partial charge on any atom is 0.282 e. The van der Waals surface area contributed by atoms with Crippen molar-refractivity contribution in [2.24, 2.45) is 0 Å². The van der Waals surface area contributed by atoms with Gasteiger partial charge in [-0.2, -0.15) is 5.10 Å². The van der Waals surface area contributed by atoms with E-state index in [0.29, 0.717) is 27.8 Å². The molecule has 0 bridgehead atoms. The third-order valence-electron chi connectivity index (χ3n) is 4.30.